The minimum absolute atomic E-state index is 0.360. The average molecular weight is 172 g/mol. The van der Waals surface area contributed by atoms with Crippen molar-refractivity contribution in [3.63, 3.8) is 0 Å². The van der Waals surface area contributed by atoms with Gasteiger partial charge in [-0.3, -0.25) is 0 Å². The van der Waals surface area contributed by atoms with Crippen molar-refractivity contribution in [2.75, 3.05) is 6.61 Å². The maximum Gasteiger partial charge on any atom is 0.0459 e. The van der Waals surface area contributed by atoms with Crippen molar-refractivity contribution in [3.8, 4) is 0 Å². The first kappa shape index (κ1) is 12.0. The summed E-state index contributed by atoms with van der Waals surface area (Å²) in [4.78, 5) is 0. The minimum Gasteiger partial charge on any atom is -0.396 e. The summed E-state index contributed by atoms with van der Waals surface area (Å²) < 4.78 is 0. The lowest BCUT2D eigenvalue weighted by Crippen LogP contribution is -2.11. The summed E-state index contributed by atoms with van der Waals surface area (Å²) >= 11 is 0. The molecule has 2 unspecified atom stereocenters. The van der Waals surface area contributed by atoms with Crippen molar-refractivity contribution in [1.82, 2.24) is 0 Å². The van der Waals surface area contributed by atoms with Gasteiger partial charge in [-0.2, -0.15) is 0 Å². The molecule has 74 valence electrons. The van der Waals surface area contributed by atoms with E-state index in [4.69, 9.17) is 5.11 Å². The zero-order chi connectivity index (χ0) is 9.56. The van der Waals surface area contributed by atoms with Gasteiger partial charge in [0.1, 0.15) is 0 Å². The molecule has 2 atom stereocenters. The van der Waals surface area contributed by atoms with E-state index in [0.29, 0.717) is 12.5 Å². The molecular formula is C11H24O. The fourth-order valence-electron chi connectivity index (χ4n) is 1.84. The largest absolute Gasteiger partial charge is 0.396 e. The van der Waals surface area contributed by atoms with Gasteiger partial charge in [0.15, 0.2) is 0 Å². The topological polar surface area (TPSA) is 20.2 Å². The van der Waals surface area contributed by atoms with Crippen LogP contribution in [-0.2, 0) is 0 Å². The number of hydrogen-bond acceptors (Lipinski definition) is 1. The zero-order valence-electron chi connectivity index (χ0n) is 9.01. The van der Waals surface area contributed by atoms with Gasteiger partial charge >= 0.3 is 0 Å². The SMILES string of the molecule is CCC(CO)CC(C)CC(C)C. The normalized spacial score (nSPS) is 16.5. The van der Waals surface area contributed by atoms with E-state index in [-0.39, 0.29) is 0 Å². The second-order valence-electron chi connectivity index (χ2n) is 4.43. The van der Waals surface area contributed by atoms with E-state index >= 15 is 0 Å². The molecule has 1 heteroatoms. The second kappa shape index (κ2) is 6.47. The number of aliphatic hydroxyl groups is 1. The first-order chi connectivity index (χ1) is 5.60. The van der Waals surface area contributed by atoms with Crippen LogP contribution in [0.25, 0.3) is 0 Å². The molecule has 1 nitrogen and oxygen atoms in total. The Morgan fingerprint density at radius 3 is 2.00 bits per heavy atom. The molecule has 0 spiro atoms. The molecule has 0 fully saturated rings. The molecule has 0 saturated carbocycles. The van der Waals surface area contributed by atoms with Gasteiger partial charge in [-0.1, -0.05) is 34.1 Å². The molecule has 12 heavy (non-hydrogen) atoms. The van der Waals surface area contributed by atoms with E-state index in [9.17, 15) is 0 Å². The van der Waals surface area contributed by atoms with Gasteiger partial charge < -0.3 is 5.11 Å². The second-order valence-corrected chi connectivity index (χ2v) is 4.43. The third kappa shape index (κ3) is 5.59. The van der Waals surface area contributed by atoms with E-state index in [2.05, 4.69) is 27.7 Å². The number of rotatable bonds is 6. The van der Waals surface area contributed by atoms with E-state index < -0.39 is 0 Å². The van der Waals surface area contributed by atoms with E-state index in [1.165, 1.54) is 12.8 Å². The first-order valence-corrected chi connectivity index (χ1v) is 5.20. The monoisotopic (exact) mass is 172 g/mol. The van der Waals surface area contributed by atoms with Crippen LogP contribution >= 0.6 is 0 Å². The summed E-state index contributed by atoms with van der Waals surface area (Å²) in [7, 11) is 0. The molecule has 0 saturated heterocycles. The van der Waals surface area contributed by atoms with Crippen LogP contribution < -0.4 is 0 Å². The summed E-state index contributed by atoms with van der Waals surface area (Å²) in [5, 5.41) is 9.01. The smallest absolute Gasteiger partial charge is 0.0459 e. The van der Waals surface area contributed by atoms with Gasteiger partial charge in [-0.15, -0.1) is 0 Å². The van der Waals surface area contributed by atoms with Gasteiger partial charge in [0, 0.05) is 6.61 Å². The first-order valence-electron chi connectivity index (χ1n) is 5.20. The number of hydrogen-bond donors (Lipinski definition) is 1. The highest BCUT2D eigenvalue weighted by atomic mass is 16.3. The Balaban J connectivity index is 3.58. The standard InChI is InChI=1S/C11H24O/c1-5-11(8-12)7-10(4)6-9(2)3/h9-12H,5-8H2,1-4H3. The van der Waals surface area contributed by atoms with E-state index in [1.807, 2.05) is 0 Å². The van der Waals surface area contributed by atoms with Crippen LogP contribution in [0.4, 0.5) is 0 Å². The maximum atomic E-state index is 9.01. The highest BCUT2D eigenvalue weighted by Crippen LogP contribution is 2.20. The van der Waals surface area contributed by atoms with Crippen molar-refractivity contribution in [1.29, 1.82) is 0 Å². The molecule has 0 aliphatic rings. The molecule has 0 bridgehead atoms. The van der Waals surface area contributed by atoms with Gasteiger partial charge in [0.2, 0.25) is 0 Å². The molecular weight excluding hydrogens is 148 g/mol. The lowest BCUT2D eigenvalue weighted by Gasteiger charge is -2.18. The third-order valence-corrected chi connectivity index (χ3v) is 2.45. The molecule has 0 aliphatic carbocycles. The zero-order valence-corrected chi connectivity index (χ0v) is 9.01. The molecule has 1 N–H and O–H groups in total. The van der Waals surface area contributed by atoms with Crippen LogP contribution in [0.15, 0.2) is 0 Å². The van der Waals surface area contributed by atoms with Gasteiger partial charge in [-0.25, -0.2) is 0 Å². The predicted octanol–water partition coefficient (Wildman–Crippen LogP) is 3.08. The summed E-state index contributed by atoms with van der Waals surface area (Å²) in [6.07, 6.45) is 3.58. The lowest BCUT2D eigenvalue weighted by molar-refractivity contribution is 0.193. The molecule has 0 amide bonds. The highest BCUT2D eigenvalue weighted by Gasteiger charge is 2.11. The van der Waals surface area contributed by atoms with Gasteiger partial charge in [-0.05, 0) is 30.6 Å². The van der Waals surface area contributed by atoms with Crippen LogP contribution in [0.1, 0.15) is 47.0 Å². The van der Waals surface area contributed by atoms with Crippen LogP contribution in [0.5, 0.6) is 0 Å². The predicted molar refractivity (Wildman–Crippen MR) is 54.1 cm³/mol. The van der Waals surface area contributed by atoms with Crippen molar-refractivity contribution in [2.45, 2.75) is 47.0 Å². The fraction of sp³-hybridized carbons (Fsp3) is 1.00. The Morgan fingerprint density at radius 2 is 1.67 bits per heavy atom. The lowest BCUT2D eigenvalue weighted by atomic mass is 9.89. The molecule has 0 heterocycles. The van der Waals surface area contributed by atoms with Crippen molar-refractivity contribution in [2.24, 2.45) is 17.8 Å². The third-order valence-electron chi connectivity index (χ3n) is 2.45. The summed E-state index contributed by atoms with van der Waals surface area (Å²) in [5.41, 5.74) is 0. The van der Waals surface area contributed by atoms with Crippen LogP contribution in [0, 0.1) is 17.8 Å². The molecule has 0 aromatic rings. The Hall–Kier alpha value is -0.0400. The minimum atomic E-state index is 0.360. The molecule has 0 aliphatic heterocycles. The Bertz CT molecular complexity index is 95.2. The molecule has 0 radical (unpaired) electrons. The van der Waals surface area contributed by atoms with Crippen LogP contribution in [0.3, 0.4) is 0 Å². The Kier molecular flexibility index (Phi) is 6.45. The van der Waals surface area contributed by atoms with E-state index in [1.54, 1.807) is 0 Å². The molecule has 0 rings (SSSR count). The average Bonchev–Trinajstić information content (AvgIpc) is 1.98. The molecule has 0 aromatic heterocycles. The van der Waals surface area contributed by atoms with E-state index in [0.717, 1.165) is 18.3 Å². The van der Waals surface area contributed by atoms with Crippen molar-refractivity contribution < 1.29 is 5.11 Å². The highest BCUT2D eigenvalue weighted by molar-refractivity contribution is 4.62. The fourth-order valence-corrected chi connectivity index (χ4v) is 1.84. The summed E-state index contributed by atoms with van der Waals surface area (Å²) in [5.74, 6) is 2.08. The Labute approximate surface area is 77.2 Å². The van der Waals surface area contributed by atoms with Gasteiger partial charge in [0.25, 0.3) is 0 Å². The van der Waals surface area contributed by atoms with Crippen LogP contribution in [-0.4, -0.2) is 11.7 Å². The van der Waals surface area contributed by atoms with Gasteiger partial charge in [0.05, 0.1) is 0 Å². The van der Waals surface area contributed by atoms with Crippen molar-refractivity contribution >= 4 is 0 Å². The summed E-state index contributed by atoms with van der Waals surface area (Å²) in [6.45, 7) is 9.33. The quantitative estimate of drug-likeness (QED) is 0.653. The number of aliphatic hydroxyl groups excluding tert-OH is 1. The summed E-state index contributed by atoms with van der Waals surface area (Å²) in [6, 6.07) is 0. The molecule has 0 aromatic carbocycles. The maximum absolute atomic E-state index is 9.01. The van der Waals surface area contributed by atoms with Crippen LogP contribution in [0.2, 0.25) is 0 Å². The Morgan fingerprint density at radius 1 is 1.08 bits per heavy atom. The van der Waals surface area contributed by atoms with Crippen molar-refractivity contribution in [3.05, 3.63) is 0 Å².